The number of hydrogen-bond acceptors (Lipinski definition) is 2. The van der Waals surface area contributed by atoms with Crippen molar-refractivity contribution in [2.24, 2.45) is 0 Å². The Balaban J connectivity index is 2.64. The molecule has 0 aromatic carbocycles. The number of thiocarbonyl (C=S) groups is 1. The lowest BCUT2D eigenvalue weighted by atomic mass is 10.6. The maximum Gasteiger partial charge on any atom is 0.245 e. The predicted octanol–water partition coefficient (Wildman–Crippen LogP) is -0.667. The van der Waals surface area contributed by atoms with E-state index in [0.717, 1.165) is 0 Å². The average molecular weight is 130 g/mol. The lowest BCUT2D eigenvalue weighted by Gasteiger charge is -2.03. The van der Waals surface area contributed by atoms with E-state index < -0.39 is 0 Å². The molecular weight excluding hydrogens is 124 g/mol. The van der Waals surface area contributed by atoms with Gasteiger partial charge in [0.2, 0.25) is 5.91 Å². The lowest BCUT2D eigenvalue weighted by molar-refractivity contribution is -0.118. The molecular formula is C4H6N2OS. The van der Waals surface area contributed by atoms with Crippen LogP contribution in [0.2, 0.25) is 0 Å². The third-order valence-electron chi connectivity index (χ3n) is 0.974. The first-order valence-electron chi connectivity index (χ1n) is 2.25. The molecule has 0 aliphatic carbocycles. The van der Waals surface area contributed by atoms with Gasteiger partial charge in [-0.05, 0) is 12.2 Å². The van der Waals surface area contributed by atoms with E-state index in [4.69, 9.17) is 12.2 Å². The van der Waals surface area contributed by atoms with Gasteiger partial charge in [-0.2, -0.15) is 0 Å². The fraction of sp³-hybridized carbons (Fsp3) is 0.500. The maximum absolute atomic E-state index is 10.4. The van der Waals surface area contributed by atoms with Gasteiger partial charge < -0.3 is 10.2 Å². The molecule has 0 bridgehead atoms. The average Bonchev–Trinajstić information content (AvgIpc) is 1.85. The van der Waals surface area contributed by atoms with E-state index in [0.29, 0.717) is 11.7 Å². The highest BCUT2D eigenvalue weighted by molar-refractivity contribution is 7.80. The molecule has 0 aromatic heterocycles. The van der Waals surface area contributed by atoms with Crippen LogP contribution in [0.25, 0.3) is 0 Å². The monoisotopic (exact) mass is 130 g/mol. The van der Waals surface area contributed by atoms with Gasteiger partial charge in [0, 0.05) is 7.05 Å². The van der Waals surface area contributed by atoms with E-state index in [9.17, 15) is 4.79 Å². The standard InChI is InChI=1S/C4H6N2OS/c1-6-2-3(7)5-4(6)8/h2H2,1H3,(H,5,7,8). The van der Waals surface area contributed by atoms with E-state index >= 15 is 0 Å². The van der Waals surface area contributed by atoms with Crippen molar-refractivity contribution < 1.29 is 4.79 Å². The summed E-state index contributed by atoms with van der Waals surface area (Å²) in [6.45, 7) is 0.402. The molecule has 44 valence electrons. The van der Waals surface area contributed by atoms with Crippen LogP contribution in [0.15, 0.2) is 0 Å². The third kappa shape index (κ3) is 0.790. The molecule has 1 fully saturated rings. The predicted molar refractivity (Wildman–Crippen MR) is 33.4 cm³/mol. The van der Waals surface area contributed by atoms with Gasteiger partial charge in [-0.15, -0.1) is 0 Å². The number of nitrogens with one attached hydrogen (secondary N) is 1. The Morgan fingerprint density at radius 2 is 2.50 bits per heavy atom. The number of amides is 1. The van der Waals surface area contributed by atoms with Gasteiger partial charge in [0.25, 0.3) is 0 Å². The van der Waals surface area contributed by atoms with Gasteiger partial charge in [0.05, 0.1) is 6.54 Å². The minimum Gasteiger partial charge on any atom is -0.343 e. The summed E-state index contributed by atoms with van der Waals surface area (Å²) in [6.07, 6.45) is 0. The Bertz CT molecular complexity index is 145. The summed E-state index contributed by atoms with van der Waals surface area (Å²) in [5, 5.41) is 3.01. The Labute approximate surface area is 52.7 Å². The van der Waals surface area contributed by atoms with Crippen LogP contribution in [0.5, 0.6) is 0 Å². The number of rotatable bonds is 0. The van der Waals surface area contributed by atoms with E-state index in [1.165, 1.54) is 0 Å². The second-order valence-electron chi connectivity index (χ2n) is 1.71. The second-order valence-corrected chi connectivity index (χ2v) is 2.10. The number of carbonyl (C=O) groups is 1. The third-order valence-corrected chi connectivity index (χ3v) is 1.39. The molecule has 1 aliphatic heterocycles. The van der Waals surface area contributed by atoms with Crippen molar-refractivity contribution >= 4 is 23.2 Å². The molecule has 8 heavy (non-hydrogen) atoms. The van der Waals surface area contributed by atoms with Gasteiger partial charge in [-0.3, -0.25) is 4.79 Å². The zero-order chi connectivity index (χ0) is 6.15. The van der Waals surface area contributed by atoms with Crippen LogP contribution in [0.4, 0.5) is 0 Å². The number of likely N-dealkylation sites (N-methyl/N-ethyl adjacent to an activating group) is 1. The van der Waals surface area contributed by atoms with Crippen molar-refractivity contribution in [1.82, 2.24) is 10.2 Å². The van der Waals surface area contributed by atoms with Crippen molar-refractivity contribution in [3.63, 3.8) is 0 Å². The molecule has 0 atom stereocenters. The number of hydrogen-bond donors (Lipinski definition) is 1. The molecule has 1 rings (SSSR count). The minimum absolute atomic E-state index is 0.0162. The molecule has 0 spiro atoms. The van der Waals surface area contributed by atoms with Crippen molar-refractivity contribution in [3.05, 3.63) is 0 Å². The summed E-state index contributed by atoms with van der Waals surface area (Å²) in [7, 11) is 1.78. The first kappa shape index (κ1) is 5.50. The Kier molecular flexibility index (Phi) is 1.17. The smallest absolute Gasteiger partial charge is 0.245 e. The highest BCUT2D eigenvalue weighted by Crippen LogP contribution is 1.91. The lowest BCUT2D eigenvalue weighted by Crippen LogP contribution is -2.23. The first-order chi connectivity index (χ1) is 3.70. The summed E-state index contributed by atoms with van der Waals surface area (Å²) >= 11 is 4.71. The van der Waals surface area contributed by atoms with Crippen LogP contribution in [0.1, 0.15) is 0 Å². The molecule has 0 radical (unpaired) electrons. The molecule has 1 aliphatic rings. The van der Waals surface area contributed by atoms with E-state index in [1.807, 2.05) is 0 Å². The SMILES string of the molecule is CN1CC(=O)NC1=S. The minimum atomic E-state index is -0.0162. The molecule has 4 heteroatoms. The molecule has 0 unspecified atom stereocenters. The first-order valence-corrected chi connectivity index (χ1v) is 2.66. The molecule has 1 amide bonds. The van der Waals surface area contributed by atoms with Crippen LogP contribution in [0, 0.1) is 0 Å². The molecule has 1 heterocycles. The molecule has 1 N–H and O–H groups in total. The highest BCUT2D eigenvalue weighted by atomic mass is 32.1. The second kappa shape index (κ2) is 1.70. The van der Waals surface area contributed by atoms with E-state index in [1.54, 1.807) is 11.9 Å². The zero-order valence-electron chi connectivity index (χ0n) is 4.47. The Morgan fingerprint density at radius 1 is 1.88 bits per heavy atom. The summed E-state index contributed by atoms with van der Waals surface area (Å²) < 4.78 is 0. The van der Waals surface area contributed by atoms with Crippen molar-refractivity contribution in [2.45, 2.75) is 0 Å². The van der Waals surface area contributed by atoms with Gasteiger partial charge >= 0.3 is 0 Å². The quantitative estimate of drug-likeness (QED) is 0.441. The van der Waals surface area contributed by atoms with E-state index in [-0.39, 0.29) is 5.91 Å². The molecule has 0 aromatic rings. The van der Waals surface area contributed by atoms with Gasteiger partial charge in [0.15, 0.2) is 5.11 Å². The highest BCUT2D eigenvalue weighted by Gasteiger charge is 2.18. The van der Waals surface area contributed by atoms with Crippen LogP contribution in [0.3, 0.4) is 0 Å². The summed E-state index contributed by atoms with van der Waals surface area (Å²) in [4.78, 5) is 12.1. The van der Waals surface area contributed by atoms with Crippen LogP contribution >= 0.6 is 12.2 Å². The topological polar surface area (TPSA) is 32.3 Å². The van der Waals surface area contributed by atoms with Gasteiger partial charge in [-0.25, -0.2) is 0 Å². The van der Waals surface area contributed by atoms with Crippen molar-refractivity contribution in [3.8, 4) is 0 Å². The van der Waals surface area contributed by atoms with Crippen molar-refractivity contribution in [2.75, 3.05) is 13.6 Å². The fourth-order valence-corrected chi connectivity index (χ4v) is 0.720. The summed E-state index contributed by atoms with van der Waals surface area (Å²) in [5.41, 5.74) is 0. The van der Waals surface area contributed by atoms with E-state index in [2.05, 4.69) is 5.32 Å². The number of nitrogens with zero attached hydrogens (tertiary/aromatic N) is 1. The fourth-order valence-electron chi connectivity index (χ4n) is 0.541. The Hall–Kier alpha value is -0.640. The molecule has 3 nitrogen and oxygen atoms in total. The molecule has 0 saturated carbocycles. The number of carbonyl (C=O) groups excluding carboxylic acids is 1. The van der Waals surface area contributed by atoms with Crippen molar-refractivity contribution in [1.29, 1.82) is 0 Å². The van der Waals surface area contributed by atoms with Gasteiger partial charge in [0.1, 0.15) is 0 Å². The molecule has 1 saturated heterocycles. The van der Waals surface area contributed by atoms with Gasteiger partial charge in [-0.1, -0.05) is 0 Å². The largest absolute Gasteiger partial charge is 0.343 e. The Morgan fingerprint density at radius 3 is 2.62 bits per heavy atom. The normalized spacial score (nSPS) is 19.4. The summed E-state index contributed by atoms with van der Waals surface area (Å²) in [5.74, 6) is -0.0162. The van der Waals surface area contributed by atoms with Crippen LogP contribution in [-0.4, -0.2) is 29.5 Å². The van der Waals surface area contributed by atoms with Crippen LogP contribution < -0.4 is 5.32 Å². The summed E-state index contributed by atoms with van der Waals surface area (Å²) in [6, 6.07) is 0. The maximum atomic E-state index is 10.4. The van der Waals surface area contributed by atoms with Crippen LogP contribution in [-0.2, 0) is 4.79 Å². The zero-order valence-corrected chi connectivity index (χ0v) is 5.29.